The van der Waals surface area contributed by atoms with Crippen molar-refractivity contribution in [2.45, 2.75) is 25.7 Å². The molecular formula is C17H23ClN2O. The van der Waals surface area contributed by atoms with Gasteiger partial charge >= 0.3 is 0 Å². The van der Waals surface area contributed by atoms with Crippen LogP contribution in [0.1, 0.15) is 31.2 Å². The first-order valence-electron chi connectivity index (χ1n) is 7.68. The number of unbranched alkanes of at least 4 members (excludes halogenated alkanes) is 1. The van der Waals surface area contributed by atoms with Crippen LogP contribution in [0.25, 0.3) is 6.08 Å². The van der Waals surface area contributed by atoms with E-state index in [9.17, 15) is 4.79 Å². The van der Waals surface area contributed by atoms with Crippen LogP contribution in [0.5, 0.6) is 0 Å². The fraction of sp³-hybridized carbons (Fsp3) is 0.471. The average molecular weight is 307 g/mol. The molecule has 1 aliphatic heterocycles. The molecule has 0 saturated carbocycles. The van der Waals surface area contributed by atoms with Crippen molar-refractivity contribution < 1.29 is 4.79 Å². The molecule has 0 spiro atoms. The molecule has 0 aliphatic carbocycles. The number of halogens is 1. The molecule has 21 heavy (non-hydrogen) atoms. The zero-order chi connectivity index (χ0) is 14.9. The van der Waals surface area contributed by atoms with E-state index >= 15 is 0 Å². The predicted octanol–water partition coefficient (Wildman–Crippen LogP) is 3.35. The molecule has 1 saturated heterocycles. The highest BCUT2D eigenvalue weighted by molar-refractivity contribution is 6.30. The minimum absolute atomic E-state index is 0.0360. The molecule has 0 radical (unpaired) electrons. The molecule has 1 N–H and O–H groups in total. The van der Waals surface area contributed by atoms with Gasteiger partial charge in [-0.1, -0.05) is 23.7 Å². The highest BCUT2D eigenvalue weighted by atomic mass is 35.5. The highest BCUT2D eigenvalue weighted by Gasteiger charge is 2.09. The molecule has 0 unspecified atom stereocenters. The smallest absolute Gasteiger partial charge is 0.243 e. The zero-order valence-electron chi connectivity index (χ0n) is 12.4. The Labute approximate surface area is 132 Å². The normalized spacial score (nSPS) is 15.7. The van der Waals surface area contributed by atoms with Crippen LogP contribution in [0, 0.1) is 0 Å². The summed E-state index contributed by atoms with van der Waals surface area (Å²) in [5.74, 6) is -0.0360. The van der Waals surface area contributed by atoms with Crippen LogP contribution >= 0.6 is 11.6 Å². The molecule has 0 atom stereocenters. The quantitative estimate of drug-likeness (QED) is 0.619. The summed E-state index contributed by atoms with van der Waals surface area (Å²) < 4.78 is 0. The Kier molecular flexibility index (Phi) is 6.77. The second-order valence-electron chi connectivity index (χ2n) is 5.43. The van der Waals surface area contributed by atoms with Gasteiger partial charge in [0, 0.05) is 17.6 Å². The lowest BCUT2D eigenvalue weighted by atomic mass is 10.2. The van der Waals surface area contributed by atoms with Crippen LogP contribution in [-0.2, 0) is 4.79 Å². The number of likely N-dealkylation sites (tertiary alicyclic amines) is 1. The van der Waals surface area contributed by atoms with E-state index in [0.29, 0.717) is 5.02 Å². The third kappa shape index (κ3) is 6.32. The third-order valence-electron chi connectivity index (χ3n) is 3.70. The summed E-state index contributed by atoms with van der Waals surface area (Å²) >= 11 is 5.81. The van der Waals surface area contributed by atoms with E-state index in [1.165, 1.54) is 25.9 Å². The summed E-state index contributed by atoms with van der Waals surface area (Å²) in [4.78, 5) is 14.2. The highest BCUT2D eigenvalue weighted by Crippen LogP contribution is 2.10. The van der Waals surface area contributed by atoms with Gasteiger partial charge < -0.3 is 10.2 Å². The van der Waals surface area contributed by atoms with Gasteiger partial charge in [-0.25, -0.2) is 0 Å². The molecule has 1 aromatic rings. The van der Waals surface area contributed by atoms with E-state index in [2.05, 4.69) is 10.2 Å². The van der Waals surface area contributed by atoms with E-state index in [1.807, 2.05) is 24.3 Å². The monoisotopic (exact) mass is 306 g/mol. The summed E-state index contributed by atoms with van der Waals surface area (Å²) in [6, 6.07) is 7.42. The van der Waals surface area contributed by atoms with Gasteiger partial charge in [0.15, 0.2) is 0 Å². The number of carbonyl (C=O) groups is 1. The first kappa shape index (κ1) is 16.1. The molecule has 1 aromatic carbocycles. The van der Waals surface area contributed by atoms with Crippen molar-refractivity contribution in [1.82, 2.24) is 10.2 Å². The summed E-state index contributed by atoms with van der Waals surface area (Å²) in [5.41, 5.74) is 0.976. The Morgan fingerprint density at radius 1 is 1.19 bits per heavy atom. The van der Waals surface area contributed by atoms with E-state index in [-0.39, 0.29) is 5.91 Å². The molecule has 4 heteroatoms. The first-order valence-corrected chi connectivity index (χ1v) is 8.06. The van der Waals surface area contributed by atoms with Crippen molar-refractivity contribution in [3.05, 3.63) is 40.9 Å². The van der Waals surface area contributed by atoms with Crippen molar-refractivity contribution in [3.63, 3.8) is 0 Å². The third-order valence-corrected chi connectivity index (χ3v) is 3.95. The second-order valence-corrected chi connectivity index (χ2v) is 5.87. The van der Waals surface area contributed by atoms with Crippen molar-refractivity contribution in [1.29, 1.82) is 0 Å². The van der Waals surface area contributed by atoms with Crippen molar-refractivity contribution in [3.8, 4) is 0 Å². The summed E-state index contributed by atoms with van der Waals surface area (Å²) in [5, 5.41) is 3.62. The fourth-order valence-corrected chi connectivity index (χ4v) is 2.61. The topological polar surface area (TPSA) is 32.3 Å². The second kappa shape index (κ2) is 8.85. The van der Waals surface area contributed by atoms with Crippen LogP contribution < -0.4 is 5.32 Å². The van der Waals surface area contributed by atoms with E-state index in [4.69, 9.17) is 11.6 Å². The number of hydrogen-bond acceptors (Lipinski definition) is 2. The van der Waals surface area contributed by atoms with Gasteiger partial charge in [-0.2, -0.15) is 0 Å². The maximum Gasteiger partial charge on any atom is 0.243 e. The molecule has 0 aromatic heterocycles. The number of hydrogen-bond donors (Lipinski definition) is 1. The van der Waals surface area contributed by atoms with Crippen molar-refractivity contribution in [2.75, 3.05) is 26.2 Å². The molecular weight excluding hydrogens is 284 g/mol. The lowest BCUT2D eigenvalue weighted by molar-refractivity contribution is -0.116. The van der Waals surface area contributed by atoms with Gasteiger partial charge in [0.25, 0.3) is 0 Å². The Morgan fingerprint density at radius 3 is 2.62 bits per heavy atom. The number of nitrogens with zero attached hydrogens (tertiary/aromatic N) is 1. The number of carbonyl (C=O) groups excluding carboxylic acids is 1. The lowest BCUT2D eigenvalue weighted by Crippen LogP contribution is -2.24. The van der Waals surface area contributed by atoms with Crippen LogP contribution in [0.3, 0.4) is 0 Å². The molecule has 1 amide bonds. The summed E-state index contributed by atoms with van der Waals surface area (Å²) in [6.07, 6.45) is 8.25. The fourth-order valence-electron chi connectivity index (χ4n) is 2.48. The summed E-state index contributed by atoms with van der Waals surface area (Å²) in [7, 11) is 0. The first-order chi connectivity index (χ1) is 10.2. The van der Waals surface area contributed by atoms with Crippen LogP contribution in [0.4, 0.5) is 0 Å². The molecule has 114 valence electrons. The van der Waals surface area contributed by atoms with Gasteiger partial charge in [-0.3, -0.25) is 4.79 Å². The minimum Gasteiger partial charge on any atom is -0.353 e. The van der Waals surface area contributed by atoms with Crippen LogP contribution in [0.2, 0.25) is 5.02 Å². The molecule has 0 bridgehead atoms. The van der Waals surface area contributed by atoms with E-state index in [0.717, 1.165) is 31.5 Å². The van der Waals surface area contributed by atoms with E-state index in [1.54, 1.807) is 12.2 Å². The number of amides is 1. The van der Waals surface area contributed by atoms with Gasteiger partial charge in [0.1, 0.15) is 0 Å². The maximum absolute atomic E-state index is 11.7. The Hall–Kier alpha value is -1.32. The van der Waals surface area contributed by atoms with Gasteiger partial charge in [-0.15, -0.1) is 0 Å². The Balaban J connectivity index is 1.57. The van der Waals surface area contributed by atoms with Gasteiger partial charge in [-0.05, 0) is 69.1 Å². The van der Waals surface area contributed by atoms with E-state index < -0.39 is 0 Å². The average Bonchev–Trinajstić information content (AvgIpc) is 2.99. The van der Waals surface area contributed by atoms with Gasteiger partial charge in [0.2, 0.25) is 5.91 Å². The minimum atomic E-state index is -0.0360. The Bertz CT molecular complexity index is 464. The number of benzene rings is 1. The molecule has 1 aliphatic rings. The largest absolute Gasteiger partial charge is 0.353 e. The molecule has 2 rings (SSSR count). The van der Waals surface area contributed by atoms with Crippen LogP contribution in [0.15, 0.2) is 30.3 Å². The van der Waals surface area contributed by atoms with Crippen molar-refractivity contribution in [2.24, 2.45) is 0 Å². The molecule has 1 heterocycles. The summed E-state index contributed by atoms with van der Waals surface area (Å²) in [6.45, 7) is 4.40. The zero-order valence-corrected chi connectivity index (χ0v) is 13.1. The molecule has 1 fully saturated rings. The molecule has 3 nitrogen and oxygen atoms in total. The Morgan fingerprint density at radius 2 is 1.90 bits per heavy atom. The van der Waals surface area contributed by atoms with Crippen molar-refractivity contribution >= 4 is 23.6 Å². The maximum atomic E-state index is 11.7. The van der Waals surface area contributed by atoms with Gasteiger partial charge in [0.05, 0.1) is 0 Å². The SMILES string of the molecule is O=C(/C=C/c1ccc(Cl)cc1)NCCCCN1CCCC1. The lowest BCUT2D eigenvalue weighted by Gasteiger charge is -2.13. The van der Waals surface area contributed by atoms with Crippen LogP contribution in [-0.4, -0.2) is 37.0 Å². The number of nitrogens with one attached hydrogen (secondary N) is 1. The standard InChI is InChI=1S/C17H23ClN2O/c18-16-8-5-15(6-9-16)7-10-17(21)19-11-1-2-12-20-13-3-4-14-20/h5-10H,1-4,11-14H2,(H,19,21)/b10-7+. The number of rotatable bonds is 7. The predicted molar refractivity (Wildman–Crippen MR) is 88.4 cm³/mol.